The monoisotopic (exact) mass is 286 g/mol. The van der Waals surface area contributed by atoms with Gasteiger partial charge in [-0.2, -0.15) is 0 Å². The topological polar surface area (TPSA) is 46.5 Å². The number of hydrogen-bond acceptors (Lipinski definition) is 2. The second-order valence-electron chi connectivity index (χ2n) is 4.92. The van der Waals surface area contributed by atoms with Gasteiger partial charge in [0.25, 0.3) is 0 Å². The molecule has 0 atom stereocenters. The van der Waals surface area contributed by atoms with Gasteiger partial charge >= 0.3 is 5.97 Å². The molecule has 2 rings (SSSR count). The van der Waals surface area contributed by atoms with Gasteiger partial charge in [-0.05, 0) is 24.5 Å². The molecule has 3 nitrogen and oxygen atoms in total. The van der Waals surface area contributed by atoms with Crippen LogP contribution in [0.3, 0.4) is 0 Å². The van der Waals surface area contributed by atoms with E-state index in [0.29, 0.717) is 18.4 Å². The summed E-state index contributed by atoms with van der Waals surface area (Å²) in [7, 11) is 1.39. The summed E-state index contributed by atoms with van der Waals surface area (Å²) in [6.07, 6.45) is 3.57. The van der Waals surface area contributed by atoms with Gasteiger partial charge in [0.05, 0.1) is 17.5 Å². The number of benzene rings is 1. The molecule has 19 heavy (non-hydrogen) atoms. The maximum Gasteiger partial charge on any atom is 0.314 e. The summed E-state index contributed by atoms with van der Waals surface area (Å²) in [5.74, 6) is -1.29. The van der Waals surface area contributed by atoms with Crippen LogP contribution in [0.15, 0.2) is 12.1 Å². The Labute approximate surface area is 116 Å². The SMILES string of the molecule is COc1cc(F)cc(C2(C(=O)O)CCCCC2)c1Cl. The predicted molar refractivity (Wildman–Crippen MR) is 70.4 cm³/mol. The minimum Gasteiger partial charge on any atom is -0.495 e. The van der Waals surface area contributed by atoms with E-state index in [1.807, 2.05) is 0 Å². The normalized spacial score (nSPS) is 18.1. The van der Waals surface area contributed by atoms with Gasteiger partial charge in [-0.1, -0.05) is 30.9 Å². The van der Waals surface area contributed by atoms with E-state index in [0.717, 1.165) is 19.3 Å². The van der Waals surface area contributed by atoms with Crippen LogP contribution in [0.5, 0.6) is 5.75 Å². The van der Waals surface area contributed by atoms with Gasteiger partial charge in [-0.15, -0.1) is 0 Å². The van der Waals surface area contributed by atoms with Crippen molar-refractivity contribution in [2.45, 2.75) is 37.5 Å². The van der Waals surface area contributed by atoms with Gasteiger partial charge in [0.1, 0.15) is 11.6 Å². The van der Waals surface area contributed by atoms with Crippen molar-refractivity contribution in [1.82, 2.24) is 0 Å². The zero-order valence-corrected chi connectivity index (χ0v) is 11.5. The van der Waals surface area contributed by atoms with Crippen molar-refractivity contribution >= 4 is 17.6 Å². The third-order valence-electron chi connectivity index (χ3n) is 3.86. The molecule has 0 aliphatic heterocycles. The van der Waals surface area contributed by atoms with Crippen molar-refractivity contribution < 1.29 is 19.0 Å². The maximum atomic E-state index is 13.7. The number of halogens is 2. The second kappa shape index (κ2) is 5.37. The Balaban J connectivity index is 2.59. The molecule has 0 bridgehead atoms. The Hall–Kier alpha value is -1.29. The third kappa shape index (κ3) is 2.41. The zero-order chi connectivity index (χ0) is 14.0. The lowest BCUT2D eigenvalue weighted by atomic mass is 9.69. The molecule has 1 N–H and O–H groups in total. The van der Waals surface area contributed by atoms with Gasteiger partial charge in [-0.3, -0.25) is 4.79 Å². The minimum atomic E-state index is -1.09. The molecular weight excluding hydrogens is 271 g/mol. The first kappa shape index (κ1) is 14.1. The van der Waals surface area contributed by atoms with Crippen molar-refractivity contribution in [3.05, 3.63) is 28.5 Å². The van der Waals surface area contributed by atoms with Crippen LogP contribution in [0, 0.1) is 5.82 Å². The highest BCUT2D eigenvalue weighted by Gasteiger charge is 2.43. The van der Waals surface area contributed by atoms with E-state index < -0.39 is 17.2 Å². The molecular formula is C14H16ClFO3. The van der Waals surface area contributed by atoms with Gasteiger partial charge in [0.2, 0.25) is 0 Å². The van der Waals surface area contributed by atoms with Crippen molar-refractivity contribution in [3.8, 4) is 5.75 Å². The molecule has 0 amide bonds. The van der Waals surface area contributed by atoms with Crippen LogP contribution in [-0.2, 0) is 10.2 Å². The first-order valence-electron chi connectivity index (χ1n) is 6.28. The van der Waals surface area contributed by atoms with Crippen LogP contribution < -0.4 is 4.74 Å². The van der Waals surface area contributed by atoms with Crippen LogP contribution in [0.2, 0.25) is 5.02 Å². The predicted octanol–water partition coefficient (Wildman–Crippen LogP) is 3.77. The minimum absolute atomic E-state index is 0.183. The van der Waals surface area contributed by atoms with Crippen molar-refractivity contribution in [2.24, 2.45) is 0 Å². The average Bonchev–Trinajstić information content (AvgIpc) is 2.41. The third-order valence-corrected chi connectivity index (χ3v) is 4.25. The molecule has 0 spiro atoms. The average molecular weight is 287 g/mol. The standard InChI is InChI=1S/C14H16ClFO3/c1-19-11-8-9(16)7-10(12(11)15)14(13(17)18)5-3-2-4-6-14/h7-8H,2-6H2,1H3,(H,17,18). The fraction of sp³-hybridized carbons (Fsp3) is 0.500. The largest absolute Gasteiger partial charge is 0.495 e. The molecule has 0 heterocycles. The van der Waals surface area contributed by atoms with E-state index in [-0.39, 0.29) is 10.8 Å². The lowest BCUT2D eigenvalue weighted by Gasteiger charge is -2.34. The molecule has 1 saturated carbocycles. The molecule has 1 fully saturated rings. The molecule has 1 aromatic carbocycles. The molecule has 1 aromatic rings. The Kier molecular flexibility index (Phi) is 3.99. The summed E-state index contributed by atoms with van der Waals surface area (Å²) in [5, 5.41) is 9.80. The van der Waals surface area contributed by atoms with E-state index in [9.17, 15) is 14.3 Å². The lowest BCUT2D eigenvalue weighted by molar-refractivity contribution is -0.145. The number of aliphatic carboxylic acids is 1. The summed E-state index contributed by atoms with van der Waals surface area (Å²) in [6.45, 7) is 0. The number of methoxy groups -OCH3 is 1. The smallest absolute Gasteiger partial charge is 0.314 e. The molecule has 0 aromatic heterocycles. The molecule has 0 radical (unpaired) electrons. The van der Waals surface area contributed by atoms with Crippen molar-refractivity contribution in [3.63, 3.8) is 0 Å². The Morgan fingerprint density at radius 3 is 2.53 bits per heavy atom. The summed E-state index contributed by atoms with van der Waals surface area (Å²) in [4.78, 5) is 11.7. The summed E-state index contributed by atoms with van der Waals surface area (Å²) in [5.41, 5.74) is -0.761. The van der Waals surface area contributed by atoms with E-state index in [2.05, 4.69) is 0 Å². The van der Waals surface area contributed by atoms with E-state index in [1.54, 1.807) is 0 Å². The number of ether oxygens (including phenoxy) is 1. The van der Waals surface area contributed by atoms with Gasteiger partial charge in [0.15, 0.2) is 0 Å². The van der Waals surface area contributed by atoms with Crippen LogP contribution in [0.4, 0.5) is 4.39 Å². The molecule has 0 saturated heterocycles. The zero-order valence-electron chi connectivity index (χ0n) is 10.7. The van der Waals surface area contributed by atoms with E-state index in [4.69, 9.17) is 16.3 Å². The summed E-state index contributed by atoms with van der Waals surface area (Å²) in [6, 6.07) is 2.40. The Morgan fingerprint density at radius 1 is 1.37 bits per heavy atom. The van der Waals surface area contributed by atoms with Crippen LogP contribution >= 0.6 is 11.6 Å². The van der Waals surface area contributed by atoms with Crippen molar-refractivity contribution in [1.29, 1.82) is 0 Å². The van der Waals surface area contributed by atoms with E-state index in [1.165, 1.54) is 19.2 Å². The quantitative estimate of drug-likeness (QED) is 0.920. The Morgan fingerprint density at radius 2 is 2.00 bits per heavy atom. The van der Waals surface area contributed by atoms with Gasteiger partial charge in [-0.25, -0.2) is 4.39 Å². The highest BCUT2D eigenvalue weighted by atomic mass is 35.5. The summed E-state index contributed by atoms with van der Waals surface area (Å²) < 4.78 is 18.7. The lowest BCUT2D eigenvalue weighted by Crippen LogP contribution is -2.38. The first-order chi connectivity index (χ1) is 9.01. The fourth-order valence-corrected chi connectivity index (χ4v) is 3.18. The number of carboxylic acids is 1. The van der Waals surface area contributed by atoms with Crippen molar-refractivity contribution in [2.75, 3.05) is 7.11 Å². The maximum absolute atomic E-state index is 13.7. The molecule has 0 unspecified atom stereocenters. The summed E-state index contributed by atoms with van der Waals surface area (Å²) >= 11 is 6.19. The van der Waals surface area contributed by atoms with Gasteiger partial charge < -0.3 is 9.84 Å². The molecule has 5 heteroatoms. The number of carbonyl (C=O) groups is 1. The fourth-order valence-electron chi connectivity index (χ4n) is 2.81. The second-order valence-corrected chi connectivity index (χ2v) is 5.30. The first-order valence-corrected chi connectivity index (χ1v) is 6.66. The molecule has 1 aliphatic carbocycles. The highest BCUT2D eigenvalue weighted by Crippen LogP contribution is 2.45. The van der Waals surface area contributed by atoms with Crippen LogP contribution in [0.1, 0.15) is 37.7 Å². The Bertz CT molecular complexity index is 496. The van der Waals surface area contributed by atoms with Crippen LogP contribution in [-0.4, -0.2) is 18.2 Å². The van der Waals surface area contributed by atoms with Crippen LogP contribution in [0.25, 0.3) is 0 Å². The number of hydrogen-bond donors (Lipinski definition) is 1. The number of rotatable bonds is 3. The van der Waals surface area contributed by atoms with Gasteiger partial charge in [0, 0.05) is 6.07 Å². The van der Waals surface area contributed by atoms with E-state index >= 15 is 0 Å². The highest BCUT2D eigenvalue weighted by molar-refractivity contribution is 6.33. The number of carboxylic acid groups (broad SMARTS) is 1. The molecule has 104 valence electrons. The molecule has 1 aliphatic rings.